The number of nitrogens with zero attached hydrogens (tertiary/aromatic N) is 2. The van der Waals surface area contributed by atoms with Crippen molar-refractivity contribution in [3.63, 3.8) is 0 Å². The molecule has 1 saturated heterocycles. The van der Waals surface area contributed by atoms with Gasteiger partial charge >= 0.3 is 0 Å². The zero-order chi connectivity index (χ0) is 23.8. The van der Waals surface area contributed by atoms with Crippen LogP contribution in [0.2, 0.25) is 0 Å². The number of aliphatic hydroxyl groups excluding tert-OH is 2. The zero-order valence-electron chi connectivity index (χ0n) is 18.6. The van der Waals surface area contributed by atoms with E-state index in [1.807, 2.05) is 30.3 Å². The molecule has 178 valence electrons. The van der Waals surface area contributed by atoms with Crippen LogP contribution in [0.1, 0.15) is 12.5 Å². The normalized spacial score (nSPS) is 16.8. The van der Waals surface area contributed by atoms with Crippen LogP contribution in [0.15, 0.2) is 41.3 Å². The van der Waals surface area contributed by atoms with Gasteiger partial charge in [-0.3, -0.25) is 4.90 Å². The number of fused-ring (bicyclic) bond motifs is 1. The highest BCUT2D eigenvalue weighted by Gasteiger charge is 2.22. The Morgan fingerprint density at radius 1 is 1.21 bits per heavy atom. The fourth-order valence-corrected chi connectivity index (χ4v) is 4.79. The van der Waals surface area contributed by atoms with E-state index < -0.39 is 27.6 Å². The number of morpholine rings is 1. The van der Waals surface area contributed by atoms with Gasteiger partial charge in [0.05, 0.1) is 25.9 Å². The fraction of sp³-hybridized carbons (Fsp3) is 0.435. The Bertz CT molecular complexity index is 1140. The Morgan fingerprint density at radius 2 is 1.91 bits per heavy atom. The van der Waals surface area contributed by atoms with Gasteiger partial charge in [-0.05, 0) is 47.0 Å². The van der Waals surface area contributed by atoms with Crippen LogP contribution in [0.3, 0.4) is 0 Å². The van der Waals surface area contributed by atoms with Gasteiger partial charge in [-0.15, -0.1) is 0 Å². The van der Waals surface area contributed by atoms with Crippen LogP contribution in [0.4, 0.5) is 5.69 Å². The number of sulfonamides is 1. The van der Waals surface area contributed by atoms with Gasteiger partial charge in [-0.25, -0.2) is 13.1 Å². The molecule has 0 aliphatic carbocycles. The third-order valence-corrected chi connectivity index (χ3v) is 7.05. The first-order valence-corrected chi connectivity index (χ1v) is 12.3. The first-order chi connectivity index (χ1) is 15.8. The molecule has 2 aromatic rings. The van der Waals surface area contributed by atoms with Crippen molar-refractivity contribution in [3.8, 4) is 6.07 Å². The highest BCUT2D eigenvalue weighted by Crippen LogP contribution is 2.27. The maximum Gasteiger partial charge on any atom is 0.251 e. The predicted octanol–water partition coefficient (Wildman–Crippen LogP) is 1.11. The van der Waals surface area contributed by atoms with Gasteiger partial charge in [0.2, 0.25) is 0 Å². The summed E-state index contributed by atoms with van der Waals surface area (Å²) < 4.78 is 32.6. The Labute approximate surface area is 194 Å². The summed E-state index contributed by atoms with van der Waals surface area (Å²) in [4.78, 5) is 1.94. The van der Waals surface area contributed by atoms with E-state index in [1.165, 1.54) is 0 Å². The summed E-state index contributed by atoms with van der Waals surface area (Å²) in [5, 5.41) is 33.1. The molecule has 0 spiro atoms. The van der Waals surface area contributed by atoms with Crippen LogP contribution in [-0.2, 0) is 14.8 Å². The number of nitrogens with one attached hydrogen (secondary N) is 2. The summed E-state index contributed by atoms with van der Waals surface area (Å²) in [5.74, 6) is 0. The van der Waals surface area contributed by atoms with Gasteiger partial charge < -0.3 is 20.3 Å². The van der Waals surface area contributed by atoms with E-state index in [0.29, 0.717) is 11.1 Å². The number of ether oxygens (including phenoxy) is 1. The van der Waals surface area contributed by atoms with Crippen molar-refractivity contribution >= 4 is 32.1 Å². The molecule has 1 atom stereocenters. The molecule has 0 aromatic heterocycles. The molecule has 0 radical (unpaired) electrons. The number of benzene rings is 2. The maximum absolute atomic E-state index is 12.5. The second-order valence-corrected chi connectivity index (χ2v) is 9.62. The van der Waals surface area contributed by atoms with E-state index in [1.54, 1.807) is 19.1 Å². The highest BCUT2D eigenvalue weighted by molar-refractivity contribution is 7.93. The van der Waals surface area contributed by atoms with Crippen LogP contribution < -0.4 is 10.0 Å². The SMILES string of the molecule is CC(=C(C#N)S(=O)(=O)NCC(O)CO)c1ccc2cc(NCCN3CCOCC3)ccc2c1. The van der Waals surface area contributed by atoms with E-state index in [-0.39, 0.29) is 6.54 Å². The van der Waals surface area contributed by atoms with Crippen LogP contribution in [0, 0.1) is 11.3 Å². The summed E-state index contributed by atoms with van der Waals surface area (Å²) in [7, 11) is -4.13. The number of rotatable bonds is 10. The van der Waals surface area contributed by atoms with E-state index in [2.05, 4.69) is 14.9 Å². The van der Waals surface area contributed by atoms with Crippen LogP contribution in [0.25, 0.3) is 16.3 Å². The molecule has 4 N–H and O–H groups in total. The van der Waals surface area contributed by atoms with E-state index in [4.69, 9.17) is 9.84 Å². The molecular formula is C23H30N4O5S. The van der Waals surface area contributed by atoms with Crippen molar-refractivity contribution in [2.75, 3.05) is 57.9 Å². The Hall–Kier alpha value is -2.52. The number of anilines is 1. The fourth-order valence-electron chi connectivity index (χ4n) is 3.59. The second-order valence-electron chi connectivity index (χ2n) is 7.91. The van der Waals surface area contributed by atoms with Gasteiger partial charge in [0.25, 0.3) is 10.0 Å². The van der Waals surface area contributed by atoms with Crippen molar-refractivity contribution in [2.45, 2.75) is 13.0 Å². The first-order valence-electron chi connectivity index (χ1n) is 10.8. The molecule has 1 aliphatic heterocycles. The molecule has 9 nitrogen and oxygen atoms in total. The largest absolute Gasteiger partial charge is 0.394 e. The summed E-state index contributed by atoms with van der Waals surface area (Å²) >= 11 is 0. The molecular weight excluding hydrogens is 444 g/mol. The smallest absolute Gasteiger partial charge is 0.251 e. The molecule has 0 amide bonds. The van der Waals surface area contributed by atoms with E-state index in [0.717, 1.165) is 55.9 Å². The molecule has 1 heterocycles. The lowest BCUT2D eigenvalue weighted by atomic mass is 10.0. The average Bonchev–Trinajstić information content (AvgIpc) is 2.83. The lowest BCUT2D eigenvalue weighted by Crippen LogP contribution is -2.38. The number of hydrogen-bond donors (Lipinski definition) is 4. The Balaban J connectivity index is 1.73. The number of hydrogen-bond acceptors (Lipinski definition) is 8. The van der Waals surface area contributed by atoms with Gasteiger partial charge in [-0.1, -0.05) is 18.2 Å². The van der Waals surface area contributed by atoms with E-state index >= 15 is 0 Å². The van der Waals surface area contributed by atoms with Gasteiger partial charge in [0.1, 0.15) is 6.07 Å². The molecule has 3 rings (SSSR count). The second kappa shape index (κ2) is 11.6. The minimum atomic E-state index is -4.13. The quantitative estimate of drug-likeness (QED) is 0.376. The third kappa shape index (κ3) is 6.74. The monoisotopic (exact) mass is 474 g/mol. The summed E-state index contributed by atoms with van der Waals surface area (Å²) in [6.07, 6.45) is -1.24. The lowest BCUT2D eigenvalue weighted by Gasteiger charge is -2.26. The Kier molecular flexibility index (Phi) is 8.80. The van der Waals surface area contributed by atoms with Crippen molar-refractivity contribution in [2.24, 2.45) is 0 Å². The van der Waals surface area contributed by atoms with Crippen molar-refractivity contribution < 1.29 is 23.4 Å². The maximum atomic E-state index is 12.5. The van der Waals surface area contributed by atoms with Crippen molar-refractivity contribution in [3.05, 3.63) is 46.9 Å². The van der Waals surface area contributed by atoms with Crippen molar-refractivity contribution in [1.82, 2.24) is 9.62 Å². The van der Waals surface area contributed by atoms with Crippen LogP contribution in [-0.4, -0.2) is 82.2 Å². The lowest BCUT2D eigenvalue weighted by molar-refractivity contribution is 0.0398. The minimum absolute atomic E-state index is 0.304. The molecule has 2 aromatic carbocycles. The summed E-state index contributed by atoms with van der Waals surface area (Å²) in [5.41, 5.74) is 1.92. The van der Waals surface area contributed by atoms with Gasteiger partial charge in [-0.2, -0.15) is 5.26 Å². The predicted molar refractivity (Wildman–Crippen MR) is 128 cm³/mol. The Morgan fingerprint density at radius 3 is 2.61 bits per heavy atom. The van der Waals surface area contributed by atoms with Crippen molar-refractivity contribution in [1.29, 1.82) is 5.26 Å². The molecule has 0 saturated carbocycles. The van der Waals surface area contributed by atoms with Crippen LogP contribution in [0.5, 0.6) is 0 Å². The molecule has 33 heavy (non-hydrogen) atoms. The summed E-state index contributed by atoms with van der Waals surface area (Å²) in [6.45, 7) is 5.84. The zero-order valence-corrected chi connectivity index (χ0v) is 19.4. The number of aliphatic hydroxyl groups is 2. The standard InChI is InChI=1S/C23H30N4O5S/c1-17(23(14-24)33(30,31)26-15-22(29)16-28)18-2-3-20-13-21(5-4-19(20)12-18)25-6-7-27-8-10-32-11-9-27/h2-5,12-13,22,25-26,28-29H,6-11,15-16H2,1H3. The minimum Gasteiger partial charge on any atom is -0.394 e. The highest BCUT2D eigenvalue weighted by atomic mass is 32.2. The van der Waals surface area contributed by atoms with Crippen LogP contribution >= 0.6 is 0 Å². The molecule has 0 bridgehead atoms. The average molecular weight is 475 g/mol. The third-order valence-electron chi connectivity index (χ3n) is 5.56. The number of allylic oxidation sites excluding steroid dienone is 2. The molecule has 10 heteroatoms. The molecule has 1 unspecified atom stereocenters. The topological polar surface area (TPSA) is 135 Å². The molecule has 1 aliphatic rings. The van der Waals surface area contributed by atoms with Gasteiger partial charge in [0.15, 0.2) is 4.91 Å². The molecule has 1 fully saturated rings. The van der Waals surface area contributed by atoms with Gasteiger partial charge in [0, 0.05) is 38.4 Å². The number of nitriles is 1. The summed E-state index contributed by atoms with van der Waals surface area (Å²) in [6, 6.07) is 13.2. The van der Waals surface area contributed by atoms with E-state index in [9.17, 15) is 18.8 Å². The first kappa shape index (κ1) is 25.1.